The maximum atomic E-state index is 11.5. The SMILES string of the molecule is CN(CCC1CCCC1(N)C(N)=O)C1CCC1. The molecule has 0 bridgehead atoms. The highest BCUT2D eigenvalue weighted by molar-refractivity contribution is 5.85. The van der Waals surface area contributed by atoms with Crippen molar-refractivity contribution in [1.29, 1.82) is 0 Å². The minimum atomic E-state index is -0.736. The standard InChI is InChI=1S/C13H25N3O/c1-16(11-5-2-6-11)9-7-10-4-3-8-13(10,15)12(14)17/h10-11H,2-9,15H2,1H3,(H2,14,17). The molecule has 0 saturated heterocycles. The fourth-order valence-electron chi connectivity index (χ4n) is 3.20. The van der Waals surface area contributed by atoms with Gasteiger partial charge in [0.15, 0.2) is 0 Å². The summed E-state index contributed by atoms with van der Waals surface area (Å²) in [5.74, 6) is -0.0335. The van der Waals surface area contributed by atoms with E-state index in [9.17, 15) is 4.79 Å². The number of amides is 1. The van der Waals surface area contributed by atoms with Gasteiger partial charge in [-0.3, -0.25) is 4.79 Å². The van der Waals surface area contributed by atoms with Gasteiger partial charge in [0, 0.05) is 6.04 Å². The molecular weight excluding hydrogens is 214 g/mol. The molecule has 0 radical (unpaired) electrons. The molecule has 98 valence electrons. The summed E-state index contributed by atoms with van der Waals surface area (Å²) in [5, 5.41) is 0. The molecule has 4 heteroatoms. The van der Waals surface area contributed by atoms with Crippen molar-refractivity contribution in [2.24, 2.45) is 17.4 Å². The van der Waals surface area contributed by atoms with Crippen LogP contribution in [-0.4, -0.2) is 36.0 Å². The minimum Gasteiger partial charge on any atom is -0.368 e. The lowest BCUT2D eigenvalue weighted by Gasteiger charge is -2.36. The first-order valence-corrected chi connectivity index (χ1v) is 6.83. The van der Waals surface area contributed by atoms with Gasteiger partial charge in [0.05, 0.1) is 5.54 Å². The highest BCUT2D eigenvalue weighted by Gasteiger charge is 2.44. The molecule has 0 aliphatic heterocycles. The monoisotopic (exact) mass is 239 g/mol. The number of carbonyl (C=O) groups excluding carboxylic acids is 1. The van der Waals surface area contributed by atoms with Crippen molar-refractivity contribution in [3.63, 3.8) is 0 Å². The van der Waals surface area contributed by atoms with Crippen LogP contribution in [0.25, 0.3) is 0 Å². The van der Waals surface area contributed by atoms with E-state index in [-0.39, 0.29) is 11.8 Å². The van der Waals surface area contributed by atoms with Crippen LogP contribution in [0.5, 0.6) is 0 Å². The Kier molecular flexibility index (Phi) is 3.73. The van der Waals surface area contributed by atoms with Gasteiger partial charge >= 0.3 is 0 Å². The number of primary amides is 1. The fraction of sp³-hybridized carbons (Fsp3) is 0.923. The predicted molar refractivity (Wildman–Crippen MR) is 68.3 cm³/mol. The Morgan fingerprint density at radius 2 is 2.06 bits per heavy atom. The Hall–Kier alpha value is -0.610. The third-order valence-electron chi connectivity index (χ3n) is 4.86. The van der Waals surface area contributed by atoms with Gasteiger partial charge in [-0.2, -0.15) is 0 Å². The zero-order valence-corrected chi connectivity index (χ0v) is 10.8. The molecule has 0 spiro atoms. The van der Waals surface area contributed by atoms with E-state index in [1.54, 1.807) is 0 Å². The van der Waals surface area contributed by atoms with Gasteiger partial charge < -0.3 is 16.4 Å². The van der Waals surface area contributed by atoms with E-state index in [1.807, 2.05) is 0 Å². The van der Waals surface area contributed by atoms with E-state index in [2.05, 4.69) is 11.9 Å². The molecule has 2 aliphatic carbocycles. The molecule has 0 heterocycles. The van der Waals surface area contributed by atoms with E-state index in [4.69, 9.17) is 11.5 Å². The largest absolute Gasteiger partial charge is 0.368 e. The number of carbonyl (C=O) groups is 1. The number of rotatable bonds is 5. The lowest BCUT2D eigenvalue weighted by atomic mass is 9.84. The van der Waals surface area contributed by atoms with Crippen LogP contribution in [-0.2, 0) is 4.79 Å². The molecule has 0 aromatic carbocycles. The highest BCUT2D eigenvalue weighted by Crippen LogP contribution is 2.36. The van der Waals surface area contributed by atoms with E-state index in [0.717, 1.165) is 38.3 Å². The van der Waals surface area contributed by atoms with Crippen LogP contribution in [0.4, 0.5) is 0 Å². The van der Waals surface area contributed by atoms with Gasteiger partial charge in [-0.05, 0) is 51.6 Å². The zero-order valence-electron chi connectivity index (χ0n) is 10.8. The summed E-state index contributed by atoms with van der Waals surface area (Å²) in [6, 6.07) is 0.761. The number of nitrogens with zero attached hydrogens (tertiary/aromatic N) is 1. The van der Waals surface area contributed by atoms with Crippen molar-refractivity contribution in [3.05, 3.63) is 0 Å². The first-order valence-electron chi connectivity index (χ1n) is 6.83. The van der Waals surface area contributed by atoms with Crippen LogP contribution >= 0.6 is 0 Å². The molecule has 2 atom stereocenters. The quantitative estimate of drug-likeness (QED) is 0.747. The summed E-state index contributed by atoms with van der Waals surface area (Å²) in [6.07, 6.45) is 7.87. The molecule has 0 aromatic heterocycles. The summed E-state index contributed by atoms with van der Waals surface area (Å²) >= 11 is 0. The van der Waals surface area contributed by atoms with E-state index < -0.39 is 5.54 Å². The second-order valence-electron chi connectivity index (χ2n) is 5.85. The van der Waals surface area contributed by atoms with Crippen LogP contribution in [0.3, 0.4) is 0 Å². The Morgan fingerprint density at radius 3 is 2.59 bits per heavy atom. The maximum Gasteiger partial charge on any atom is 0.237 e. The lowest BCUT2D eigenvalue weighted by Crippen LogP contribution is -2.55. The molecule has 2 unspecified atom stereocenters. The van der Waals surface area contributed by atoms with E-state index in [0.29, 0.717) is 0 Å². The van der Waals surface area contributed by atoms with Gasteiger partial charge in [-0.1, -0.05) is 12.8 Å². The minimum absolute atomic E-state index is 0.280. The van der Waals surface area contributed by atoms with Crippen molar-refractivity contribution in [3.8, 4) is 0 Å². The third-order valence-corrected chi connectivity index (χ3v) is 4.86. The average molecular weight is 239 g/mol. The summed E-state index contributed by atoms with van der Waals surface area (Å²) in [4.78, 5) is 13.9. The summed E-state index contributed by atoms with van der Waals surface area (Å²) < 4.78 is 0. The van der Waals surface area contributed by atoms with Crippen molar-refractivity contribution in [2.45, 2.75) is 56.5 Å². The Morgan fingerprint density at radius 1 is 1.35 bits per heavy atom. The van der Waals surface area contributed by atoms with Crippen LogP contribution in [0.1, 0.15) is 44.9 Å². The van der Waals surface area contributed by atoms with Crippen molar-refractivity contribution in [2.75, 3.05) is 13.6 Å². The Labute approximate surface area is 104 Å². The van der Waals surface area contributed by atoms with E-state index >= 15 is 0 Å². The van der Waals surface area contributed by atoms with Crippen LogP contribution in [0.2, 0.25) is 0 Å². The topological polar surface area (TPSA) is 72.3 Å². The van der Waals surface area contributed by atoms with Gasteiger partial charge in [-0.25, -0.2) is 0 Å². The van der Waals surface area contributed by atoms with Crippen LogP contribution in [0.15, 0.2) is 0 Å². The van der Waals surface area contributed by atoms with Crippen LogP contribution in [0, 0.1) is 5.92 Å². The predicted octanol–water partition coefficient (Wildman–Crippen LogP) is 0.844. The first kappa shape index (κ1) is 12.8. The summed E-state index contributed by atoms with van der Waals surface area (Å²) in [6.45, 7) is 1.04. The smallest absolute Gasteiger partial charge is 0.237 e. The van der Waals surface area contributed by atoms with Crippen molar-refractivity contribution < 1.29 is 4.79 Å². The van der Waals surface area contributed by atoms with Crippen molar-refractivity contribution in [1.82, 2.24) is 4.90 Å². The molecular formula is C13H25N3O. The van der Waals surface area contributed by atoms with Gasteiger partial charge in [0.25, 0.3) is 0 Å². The molecule has 1 amide bonds. The number of hydrogen-bond donors (Lipinski definition) is 2. The molecule has 0 aromatic rings. The van der Waals surface area contributed by atoms with Crippen molar-refractivity contribution >= 4 is 5.91 Å². The van der Waals surface area contributed by atoms with Crippen LogP contribution < -0.4 is 11.5 Å². The fourth-order valence-corrected chi connectivity index (χ4v) is 3.20. The van der Waals surface area contributed by atoms with Gasteiger partial charge in [0.2, 0.25) is 5.91 Å². The number of hydrogen-bond acceptors (Lipinski definition) is 3. The molecule has 4 N–H and O–H groups in total. The normalized spacial score (nSPS) is 33.9. The molecule has 4 nitrogen and oxygen atoms in total. The zero-order chi connectivity index (χ0) is 12.5. The highest BCUT2D eigenvalue weighted by atomic mass is 16.1. The Balaban J connectivity index is 1.83. The maximum absolute atomic E-state index is 11.5. The summed E-state index contributed by atoms with van der Waals surface area (Å²) in [5.41, 5.74) is 10.9. The second kappa shape index (κ2) is 4.94. The van der Waals surface area contributed by atoms with E-state index in [1.165, 1.54) is 19.3 Å². The molecule has 2 rings (SSSR count). The lowest BCUT2D eigenvalue weighted by molar-refractivity contribution is -0.124. The first-order chi connectivity index (χ1) is 8.04. The average Bonchev–Trinajstić information content (AvgIpc) is 2.55. The second-order valence-corrected chi connectivity index (χ2v) is 5.85. The van der Waals surface area contributed by atoms with Gasteiger partial charge in [-0.15, -0.1) is 0 Å². The molecule has 17 heavy (non-hydrogen) atoms. The third kappa shape index (κ3) is 2.47. The molecule has 2 aliphatic rings. The summed E-state index contributed by atoms with van der Waals surface area (Å²) in [7, 11) is 2.18. The Bertz CT molecular complexity index is 290. The molecule has 2 fully saturated rings. The van der Waals surface area contributed by atoms with Gasteiger partial charge in [0.1, 0.15) is 0 Å². The molecule has 2 saturated carbocycles. The number of nitrogens with two attached hydrogens (primary N) is 2.